The third kappa shape index (κ3) is 2.65. The SMILES string of the molecule is O=C(c1cc2cc(Br)ccc2[nH]1)N1CCCC1c1ccncc1. The number of nitrogens with one attached hydrogen (secondary N) is 1. The van der Waals surface area contributed by atoms with E-state index in [-0.39, 0.29) is 11.9 Å². The standard InChI is InChI=1S/C18H16BrN3O/c19-14-3-4-15-13(10-14)11-16(21-15)18(23)22-9-1-2-17(22)12-5-7-20-8-6-12/h3-8,10-11,17,21H,1-2,9H2. The largest absolute Gasteiger partial charge is 0.351 e. The molecule has 1 N–H and O–H groups in total. The molecule has 4 rings (SSSR count). The van der Waals surface area contributed by atoms with Crippen molar-refractivity contribution < 1.29 is 4.79 Å². The number of aromatic amines is 1. The van der Waals surface area contributed by atoms with Crippen LogP contribution in [0.15, 0.2) is 53.3 Å². The lowest BCUT2D eigenvalue weighted by Gasteiger charge is -2.24. The molecular formula is C18H16BrN3O. The number of aromatic nitrogens is 2. The van der Waals surface area contributed by atoms with Gasteiger partial charge >= 0.3 is 0 Å². The lowest BCUT2D eigenvalue weighted by Crippen LogP contribution is -2.30. The number of amides is 1. The fourth-order valence-electron chi connectivity index (χ4n) is 3.32. The summed E-state index contributed by atoms with van der Waals surface area (Å²) < 4.78 is 1.01. The zero-order chi connectivity index (χ0) is 15.8. The molecule has 23 heavy (non-hydrogen) atoms. The number of halogens is 1. The number of hydrogen-bond donors (Lipinski definition) is 1. The van der Waals surface area contributed by atoms with E-state index in [1.807, 2.05) is 41.3 Å². The van der Waals surface area contributed by atoms with E-state index in [0.717, 1.165) is 40.3 Å². The minimum absolute atomic E-state index is 0.0663. The fourth-order valence-corrected chi connectivity index (χ4v) is 3.69. The van der Waals surface area contributed by atoms with Gasteiger partial charge in [-0.15, -0.1) is 0 Å². The topological polar surface area (TPSA) is 49.0 Å². The van der Waals surface area contributed by atoms with Crippen molar-refractivity contribution >= 4 is 32.7 Å². The summed E-state index contributed by atoms with van der Waals surface area (Å²) in [5.74, 6) is 0.0663. The summed E-state index contributed by atoms with van der Waals surface area (Å²) in [6.45, 7) is 0.797. The average Bonchev–Trinajstić information content (AvgIpc) is 3.21. The second kappa shape index (κ2) is 5.81. The van der Waals surface area contributed by atoms with Gasteiger partial charge in [-0.25, -0.2) is 0 Å². The smallest absolute Gasteiger partial charge is 0.270 e. The highest BCUT2D eigenvalue weighted by atomic mass is 79.9. The van der Waals surface area contributed by atoms with Crippen LogP contribution in [0.5, 0.6) is 0 Å². The molecule has 0 radical (unpaired) electrons. The first-order valence-corrected chi connectivity index (χ1v) is 8.51. The van der Waals surface area contributed by atoms with Crippen LogP contribution >= 0.6 is 15.9 Å². The van der Waals surface area contributed by atoms with Crippen LogP contribution in [0.4, 0.5) is 0 Å². The molecule has 1 fully saturated rings. The summed E-state index contributed by atoms with van der Waals surface area (Å²) in [6, 6.07) is 12.1. The summed E-state index contributed by atoms with van der Waals surface area (Å²) in [6.07, 6.45) is 5.61. The Morgan fingerprint density at radius 1 is 1.22 bits per heavy atom. The van der Waals surface area contributed by atoms with E-state index < -0.39 is 0 Å². The van der Waals surface area contributed by atoms with Gasteiger partial charge in [0.2, 0.25) is 0 Å². The van der Waals surface area contributed by atoms with Crippen molar-refractivity contribution in [3.63, 3.8) is 0 Å². The number of H-pyrrole nitrogens is 1. The lowest BCUT2D eigenvalue weighted by atomic mass is 10.1. The zero-order valence-corrected chi connectivity index (χ0v) is 14.1. The van der Waals surface area contributed by atoms with E-state index in [1.54, 1.807) is 12.4 Å². The van der Waals surface area contributed by atoms with Crippen LogP contribution in [0.2, 0.25) is 0 Å². The summed E-state index contributed by atoms with van der Waals surface area (Å²) in [7, 11) is 0. The van der Waals surface area contributed by atoms with Crippen molar-refractivity contribution in [1.82, 2.24) is 14.9 Å². The van der Waals surface area contributed by atoms with Crippen LogP contribution in [0.1, 0.15) is 34.9 Å². The van der Waals surface area contributed by atoms with Crippen molar-refractivity contribution in [3.8, 4) is 0 Å². The highest BCUT2D eigenvalue weighted by Crippen LogP contribution is 2.33. The summed E-state index contributed by atoms with van der Waals surface area (Å²) in [5.41, 5.74) is 2.79. The monoisotopic (exact) mass is 369 g/mol. The minimum Gasteiger partial charge on any atom is -0.351 e. The number of hydrogen-bond acceptors (Lipinski definition) is 2. The molecule has 0 saturated carbocycles. The van der Waals surface area contributed by atoms with Crippen molar-refractivity contribution in [3.05, 3.63) is 64.5 Å². The molecular weight excluding hydrogens is 354 g/mol. The average molecular weight is 370 g/mol. The maximum atomic E-state index is 13.0. The number of fused-ring (bicyclic) bond motifs is 1. The molecule has 3 heterocycles. The van der Waals surface area contributed by atoms with Crippen LogP contribution in [0, 0.1) is 0 Å². The van der Waals surface area contributed by atoms with Gasteiger partial charge in [-0.05, 0) is 54.8 Å². The normalized spacial score (nSPS) is 17.8. The number of likely N-dealkylation sites (tertiary alicyclic amines) is 1. The maximum absolute atomic E-state index is 13.0. The number of carbonyl (C=O) groups is 1. The van der Waals surface area contributed by atoms with Gasteiger partial charge in [-0.2, -0.15) is 0 Å². The fraction of sp³-hybridized carbons (Fsp3) is 0.222. The van der Waals surface area contributed by atoms with Gasteiger partial charge in [-0.1, -0.05) is 15.9 Å². The third-order valence-electron chi connectivity index (χ3n) is 4.42. The highest BCUT2D eigenvalue weighted by Gasteiger charge is 2.31. The van der Waals surface area contributed by atoms with E-state index in [0.29, 0.717) is 5.69 Å². The van der Waals surface area contributed by atoms with Gasteiger partial charge in [-0.3, -0.25) is 9.78 Å². The molecule has 2 aromatic heterocycles. The lowest BCUT2D eigenvalue weighted by molar-refractivity contribution is 0.0730. The number of nitrogens with zero attached hydrogens (tertiary/aromatic N) is 2. The van der Waals surface area contributed by atoms with E-state index in [1.165, 1.54) is 0 Å². The van der Waals surface area contributed by atoms with Crippen molar-refractivity contribution in [2.45, 2.75) is 18.9 Å². The van der Waals surface area contributed by atoms with Crippen LogP contribution in [0.25, 0.3) is 10.9 Å². The van der Waals surface area contributed by atoms with Crippen LogP contribution < -0.4 is 0 Å². The predicted octanol–water partition coefficient (Wildman–Crippen LogP) is 4.30. The Morgan fingerprint density at radius 2 is 2.04 bits per heavy atom. The third-order valence-corrected chi connectivity index (χ3v) is 4.91. The molecule has 1 unspecified atom stereocenters. The molecule has 3 aromatic rings. The Labute approximate surface area is 142 Å². The van der Waals surface area contributed by atoms with Crippen LogP contribution in [-0.4, -0.2) is 27.3 Å². The van der Waals surface area contributed by atoms with Gasteiger partial charge in [0.05, 0.1) is 6.04 Å². The Morgan fingerprint density at radius 3 is 2.87 bits per heavy atom. The molecule has 1 atom stereocenters. The maximum Gasteiger partial charge on any atom is 0.270 e. The Kier molecular flexibility index (Phi) is 3.65. The molecule has 0 bridgehead atoms. The van der Waals surface area contributed by atoms with Gasteiger partial charge in [0.25, 0.3) is 5.91 Å². The minimum atomic E-state index is 0.0663. The molecule has 0 aliphatic carbocycles. The first-order valence-electron chi connectivity index (χ1n) is 7.71. The Bertz CT molecular complexity index is 859. The number of benzene rings is 1. The molecule has 116 valence electrons. The quantitative estimate of drug-likeness (QED) is 0.731. The van der Waals surface area contributed by atoms with Gasteiger partial charge in [0.15, 0.2) is 0 Å². The van der Waals surface area contributed by atoms with Crippen molar-refractivity contribution in [2.24, 2.45) is 0 Å². The summed E-state index contributed by atoms with van der Waals surface area (Å²) in [4.78, 5) is 22.2. The zero-order valence-electron chi connectivity index (χ0n) is 12.5. The molecule has 1 amide bonds. The molecule has 1 aliphatic rings. The molecule has 1 saturated heterocycles. The van der Waals surface area contributed by atoms with Gasteiger partial charge < -0.3 is 9.88 Å². The first kappa shape index (κ1) is 14.5. The second-order valence-corrected chi connectivity index (χ2v) is 6.77. The van der Waals surface area contributed by atoms with Crippen LogP contribution in [0.3, 0.4) is 0 Å². The molecule has 0 spiro atoms. The van der Waals surface area contributed by atoms with E-state index in [2.05, 4.69) is 25.9 Å². The molecule has 1 aliphatic heterocycles. The van der Waals surface area contributed by atoms with Gasteiger partial charge in [0.1, 0.15) is 5.69 Å². The van der Waals surface area contributed by atoms with Crippen LogP contribution in [-0.2, 0) is 0 Å². The van der Waals surface area contributed by atoms with E-state index in [9.17, 15) is 4.79 Å². The molecule has 4 nitrogen and oxygen atoms in total. The van der Waals surface area contributed by atoms with E-state index in [4.69, 9.17) is 0 Å². The highest BCUT2D eigenvalue weighted by molar-refractivity contribution is 9.10. The van der Waals surface area contributed by atoms with Crippen molar-refractivity contribution in [1.29, 1.82) is 0 Å². The summed E-state index contributed by atoms with van der Waals surface area (Å²) >= 11 is 3.47. The molecule has 5 heteroatoms. The number of carbonyl (C=O) groups excluding carboxylic acids is 1. The van der Waals surface area contributed by atoms with Crippen molar-refractivity contribution in [2.75, 3.05) is 6.54 Å². The first-order chi connectivity index (χ1) is 11.2. The predicted molar refractivity (Wildman–Crippen MR) is 93.2 cm³/mol. The summed E-state index contributed by atoms with van der Waals surface area (Å²) in [5, 5.41) is 1.04. The van der Waals surface area contributed by atoms with E-state index >= 15 is 0 Å². The number of rotatable bonds is 2. The van der Waals surface area contributed by atoms with Gasteiger partial charge in [0, 0.05) is 34.3 Å². The second-order valence-electron chi connectivity index (χ2n) is 5.85. The Balaban J connectivity index is 1.66. The Hall–Kier alpha value is -2.14. The molecule has 1 aromatic carbocycles. The number of pyridine rings is 1.